The Balaban J connectivity index is 2.39. The fraction of sp³-hybridized carbons (Fsp3) is 0.111. The Bertz CT molecular complexity index is 879. The minimum absolute atomic E-state index is 0.163. The number of nitrogens with one attached hydrogen (secondary N) is 2. The van der Waals surface area contributed by atoms with Crippen LogP contribution in [0.25, 0.3) is 0 Å². The lowest BCUT2D eigenvalue weighted by molar-refractivity contribution is -0.145. The smallest absolute Gasteiger partial charge is 0.286 e. The monoisotopic (exact) mass is 354 g/mol. The Labute approximate surface area is 149 Å². The van der Waals surface area contributed by atoms with Gasteiger partial charge in [0.05, 0.1) is 0 Å². The standard InChI is InChI=1S/C18H18N4O4/c1-11-7-3-5-9-13(11)15(23)21-22(18(26)16(24)20-19)17(25)14-10-6-4-8-12(14)2/h3-10H,19H2,1-2H3,(H,20,24)(H,21,23). The van der Waals surface area contributed by atoms with Gasteiger partial charge >= 0.3 is 11.8 Å². The summed E-state index contributed by atoms with van der Waals surface area (Å²) < 4.78 is 0. The topological polar surface area (TPSA) is 122 Å². The molecule has 0 aliphatic carbocycles. The van der Waals surface area contributed by atoms with Gasteiger partial charge in [-0.2, -0.15) is 5.01 Å². The van der Waals surface area contributed by atoms with Gasteiger partial charge in [-0.15, -0.1) is 0 Å². The van der Waals surface area contributed by atoms with E-state index in [1.165, 1.54) is 12.1 Å². The lowest BCUT2D eigenvalue weighted by Gasteiger charge is -2.21. The highest BCUT2D eigenvalue weighted by Crippen LogP contribution is 2.12. The molecule has 0 aliphatic rings. The number of amides is 4. The molecule has 0 radical (unpaired) electrons. The Morgan fingerprint density at radius 1 is 0.846 bits per heavy atom. The maximum Gasteiger partial charge on any atom is 0.339 e. The van der Waals surface area contributed by atoms with Crippen LogP contribution >= 0.6 is 0 Å². The van der Waals surface area contributed by atoms with Crippen LogP contribution in [-0.2, 0) is 9.59 Å². The molecular weight excluding hydrogens is 336 g/mol. The maximum atomic E-state index is 12.7. The van der Waals surface area contributed by atoms with Crippen LogP contribution in [0.5, 0.6) is 0 Å². The molecule has 0 unspecified atom stereocenters. The third-order valence-electron chi connectivity index (χ3n) is 3.71. The molecule has 4 amide bonds. The van der Waals surface area contributed by atoms with Gasteiger partial charge < -0.3 is 0 Å². The Hall–Kier alpha value is -3.52. The molecule has 0 fully saturated rings. The van der Waals surface area contributed by atoms with Gasteiger partial charge in [0, 0.05) is 11.1 Å². The highest BCUT2D eigenvalue weighted by atomic mass is 16.2. The van der Waals surface area contributed by atoms with Gasteiger partial charge in [-0.1, -0.05) is 36.4 Å². The SMILES string of the molecule is Cc1ccccc1C(=O)NN(C(=O)C(=O)NN)C(=O)c1ccccc1C. The van der Waals surface area contributed by atoms with Crippen molar-refractivity contribution in [2.24, 2.45) is 5.84 Å². The molecule has 2 rings (SSSR count). The zero-order chi connectivity index (χ0) is 19.3. The number of nitrogens with zero attached hydrogens (tertiary/aromatic N) is 1. The molecule has 0 aromatic heterocycles. The van der Waals surface area contributed by atoms with E-state index in [1.807, 2.05) is 0 Å². The summed E-state index contributed by atoms with van der Waals surface area (Å²) in [5, 5.41) is 0.360. The molecule has 134 valence electrons. The van der Waals surface area contributed by atoms with E-state index < -0.39 is 23.6 Å². The van der Waals surface area contributed by atoms with E-state index in [1.54, 1.807) is 55.7 Å². The predicted octanol–water partition coefficient (Wildman–Crippen LogP) is 0.607. The summed E-state index contributed by atoms with van der Waals surface area (Å²) in [5.74, 6) is 0.879. The van der Waals surface area contributed by atoms with Crippen LogP contribution in [0, 0.1) is 13.8 Å². The molecule has 0 saturated carbocycles. The van der Waals surface area contributed by atoms with Crippen LogP contribution in [-0.4, -0.2) is 28.6 Å². The highest BCUT2D eigenvalue weighted by Gasteiger charge is 2.31. The first-order valence-electron chi connectivity index (χ1n) is 7.68. The second-order valence-electron chi connectivity index (χ2n) is 5.49. The van der Waals surface area contributed by atoms with Crippen molar-refractivity contribution in [2.45, 2.75) is 13.8 Å². The maximum absolute atomic E-state index is 12.7. The van der Waals surface area contributed by atoms with E-state index in [2.05, 4.69) is 5.43 Å². The molecule has 0 bridgehead atoms. The molecule has 2 aromatic rings. The number of hydrogen-bond donors (Lipinski definition) is 3. The zero-order valence-electron chi connectivity index (χ0n) is 14.3. The van der Waals surface area contributed by atoms with Crippen molar-refractivity contribution in [3.63, 3.8) is 0 Å². The fourth-order valence-electron chi connectivity index (χ4n) is 2.28. The van der Waals surface area contributed by atoms with Gasteiger partial charge in [-0.05, 0) is 37.1 Å². The first-order valence-corrected chi connectivity index (χ1v) is 7.68. The van der Waals surface area contributed by atoms with Gasteiger partial charge in [0.25, 0.3) is 11.8 Å². The van der Waals surface area contributed by atoms with E-state index in [9.17, 15) is 19.2 Å². The molecule has 2 aromatic carbocycles. The summed E-state index contributed by atoms with van der Waals surface area (Å²) in [4.78, 5) is 49.1. The number of hydrogen-bond acceptors (Lipinski definition) is 5. The molecule has 8 heteroatoms. The molecule has 0 aliphatic heterocycles. The normalized spacial score (nSPS) is 9.96. The largest absolute Gasteiger partial charge is 0.339 e. The van der Waals surface area contributed by atoms with Gasteiger partial charge in [0.1, 0.15) is 0 Å². The average Bonchev–Trinajstić information content (AvgIpc) is 2.65. The number of benzene rings is 2. The summed E-state index contributed by atoms with van der Waals surface area (Å²) in [7, 11) is 0. The molecule has 8 nitrogen and oxygen atoms in total. The number of carbonyl (C=O) groups excluding carboxylic acids is 4. The molecule has 4 N–H and O–H groups in total. The fourth-order valence-corrected chi connectivity index (χ4v) is 2.28. The van der Waals surface area contributed by atoms with Crippen LogP contribution in [0.1, 0.15) is 31.8 Å². The average molecular weight is 354 g/mol. The van der Waals surface area contributed by atoms with E-state index in [0.717, 1.165) is 0 Å². The van der Waals surface area contributed by atoms with Crippen molar-refractivity contribution in [3.8, 4) is 0 Å². The third-order valence-corrected chi connectivity index (χ3v) is 3.71. The Morgan fingerprint density at radius 3 is 1.85 bits per heavy atom. The van der Waals surface area contributed by atoms with Crippen LogP contribution in [0.3, 0.4) is 0 Å². The van der Waals surface area contributed by atoms with Crippen molar-refractivity contribution in [2.75, 3.05) is 0 Å². The molecule has 0 heterocycles. The lowest BCUT2D eigenvalue weighted by Crippen LogP contribution is -2.55. The zero-order valence-corrected chi connectivity index (χ0v) is 14.3. The van der Waals surface area contributed by atoms with Gasteiger partial charge in [-0.25, -0.2) is 5.84 Å². The van der Waals surface area contributed by atoms with Crippen molar-refractivity contribution in [1.29, 1.82) is 0 Å². The summed E-state index contributed by atoms with van der Waals surface area (Å²) in [6, 6.07) is 13.1. The first-order chi connectivity index (χ1) is 12.4. The predicted molar refractivity (Wildman–Crippen MR) is 93.3 cm³/mol. The van der Waals surface area contributed by atoms with Crippen LogP contribution in [0.4, 0.5) is 0 Å². The number of aryl methyl sites for hydroxylation is 2. The first kappa shape index (κ1) is 18.8. The van der Waals surface area contributed by atoms with Crippen molar-refractivity contribution in [1.82, 2.24) is 15.9 Å². The lowest BCUT2D eigenvalue weighted by atomic mass is 10.1. The Kier molecular flexibility index (Phi) is 5.82. The van der Waals surface area contributed by atoms with Gasteiger partial charge in [-0.3, -0.25) is 30.0 Å². The Morgan fingerprint density at radius 2 is 1.35 bits per heavy atom. The summed E-state index contributed by atoms with van der Waals surface area (Å²) >= 11 is 0. The molecule has 0 atom stereocenters. The summed E-state index contributed by atoms with van der Waals surface area (Å²) in [5.41, 5.74) is 5.49. The molecule has 0 spiro atoms. The quantitative estimate of drug-likeness (QED) is 0.316. The number of rotatable bonds is 2. The van der Waals surface area contributed by atoms with Gasteiger partial charge in [0.15, 0.2) is 0 Å². The van der Waals surface area contributed by atoms with E-state index in [-0.39, 0.29) is 11.1 Å². The summed E-state index contributed by atoms with van der Waals surface area (Å²) in [6.07, 6.45) is 0. The second kappa shape index (κ2) is 8.04. The van der Waals surface area contributed by atoms with Crippen molar-refractivity contribution < 1.29 is 19.2 Å². The van der Waals surface area contributed by atoms with Gasteiger partial charge in [0.2, 0.25) is 0 Å². The summed E-state index contributed by atoms with van der Waals surface area (Å²) in [6.45, 7) is 3.37. The van der Waals surface area contributed by atoms with E-state index in [4.69, 9.17) is 5.84 Å². The van der Waals surface area contributed by atoms with E-state index in [0.29, 0.717) is 16.1 Å². The van der Waals surface area contributed by atoms with Crippen molar-refractivity contribution in [3.05, 3.63) is 70.8 Å². The number of imide groups is 1. The second-order valence-corrected chi connectivity index (χ2v) is 5.49. The van der Waals surface area contributed by atoms with E-state index >= 15 is 0 Å². The molecular formula is C18H18N4O4. The molecule has 0 saturated heterocycles. The van der Waals surface area contributed by atoms with Crippen LogP contribution in [0.15, 0.2) is 48.5 Å². The minimum Gasteiger partial charge on any atom is -0.286 e. The minimum atomic E-state index is -1.30. The third kappa shape index (κ3) is 3.93. The van der Waals surface area contributed by atoms with Crippen molar-refractivity contribution >= 4 is 23.6 Å². The number of carbonyl (C=O) groups is 4. The van der Waals surface area contributed by atoms with Crippen LogP contribution < -0.4 is 16.7 Å². The highest BCUT2D eigenvalue weighted by molar-refractivity contribution is 6.38. The van der Waals surface area contributed by atoms with Crippen LogP contribution in [0.2, 0.25) is 0 Å². The number of hydrazine groups is 2. The molecule has 26 heavy (non-hydrogen) atoms. The number of nitrogens with two attached hydrogens (primary N) is 1.